The van der Waals surface area contributed by atoms with Gasteiger partial charge in [-0.3, -0.25) is 5.73 Å². The lowest BCUT2D eigenvalue weighted by molar-refractivity contribution is 0.0279. The van der Waals surface area contributed by atoms with Gasteiger partial charge in [0.2, 0.25) is 0 Å². The lowest BCUT2D eigenvalue weighted by atomic mass is 10.0. The molecule has 0 amide bonds. The number of nitrogens with two attached hydrogens (primary N) is 2. The smallest absolute Gasteiger partial charge is 0.155 e. The summed E-state index contributed by atoms with van der Waals surface area (Å²) < 4.78 is 0. The number of benzene rings is 1. The molecule has 0 fully saturated rings. The number of aliphatic hydroxyl groups is 1. The standard InChI is InChI=1S/C9H12N2O/c10-8-5-6-3-1-2-4-7(6)9(8,11)12/h1-4,8,12H,5,10-11H2. The quantitative estimate of drug-likeness (QED) is 0.460. The van der Waals surface area contributed by atoms with Crippen LogP contribution in [-0.4, -0.2) is 11.1 Å². The molecule has 5 N–H and O–H groups in total. The first-order valence-electron chi connectivity index (χ1n) is 3.97. The Labute approximate surface area is 71.0 Å². The Morgan fingerprint density at radius 2 is 2.08 bits per heavy atom. The van der Waals surface area contributed by atoms with E-state index in [2.05, 4.69) is 0 Å². The average Bonchev–Trinajstić information content (AvgIpc) is 2.25. The van der Waals surface area contributed by atoms with Crippen LogP contribution in [-0.2, 0) is 12.1 Å². The molecule has 2 unspecified atom stereocenters. The highest BCUT2D eigenvalue weighted by Crippen LogP contribution is 2.31. The fourth-order valence-corrected chi connectivity index (χ4v) is 1.68. The van der Waals surface area contributed by atoms with E-state index in [0.29, 0.717) is 6.42 Å². The molecule has 0 heterocycles. The van der Waals surface area contributed by atoms with Crippen molar-refractivity contribution in [3.8, 4) is 0 Å². The number of hydrogen-bond donors (Lipinski definition) is 3. The molecule has 3 heteroatoms. The summed E-state index contributed by atoms with van der Waals surface area (Å²) in [7, 11) is 0. The molecule has 2 rings (SSSR count). The minimum atomic E-state index is -1.34. The molecule has 1 aliphatic carbocycles. The van der Waals surface area contributed by atoms with Crippen molar-refractivity contribution in [2.24, 2.45) is 11.5 Å². The maximum absolute atomic E-state index is 9.77. The minimum Gasteiger partial charge on any atom is -0.370 e. The molecule has 12 heavy (non-hydrogen) atoms. The normalized spacial score (nSPS) is 33.4. The molecule has 0 saturated heterocycles. The molecule has 0 bridgehead atoms. The third-order valence-electron chi connectivity index (χ3n) is 2.45. The molecule has 64 valence electrons. The fourth-order valence-electron chi connectivity index (χ4n) is 1.68. The minimum absolute atomic E-state index is 0.380. The van der Waals surface area contributed by atoms with Gasteiger partial charge in [0, 0.05) is 5.56 Å². The first kappa shape index (κ1) is 7.73. The van der Waals surface area contributed by atoms with Gasteiger partial charge < -0.3 is 10.8 Å². The van der Waals surface area contributed by atoms with Crippen molar-refractivity contribution in [2.45, 2.75) is 18.2 Å². The molecule has 1 aliphatic rings. The van der Waals surface area contributed by atoms with Crippen LogP contribution in [0, 0.1) is 0 Å². The lowest BCUT2D eigenvalue weighted by Gasteiger charge is -2.22. The van der Waals surface area contributed by atoms with E-state index >= 15 is 0 Å². The van der Waals surface area contributed by atoms with Gasteiger partial charge in [0.25, 0.3) is 0 Å². The summed E-state index contributed by atoms with van der Waals surface area (Å²) in [5, 5.41) is 9.77. The molecule has 0 saturated carbocycles. The zero-order valence-electron chi connectivity index (χ0n) is 6.70. The van der Waals surface area contributed by atoms with Crippen LogP contribution < -0.4 is 11.5 Å². The average molecular weight is 164 g/mol. The lowest BCUT2D eigenvalue weighted by Crippen LogP contribution is -2.49. The Balaban J connectivity index is 2.55. The second-order valence-corrected chi connectivity index (χ2v) is 3.29. The second kappa shape index (κ2) is 2.29. The Kier molecular flexibility index (Phi) is 1.48. The van der Waals surface area contributed by atoms with Gasteiger partial charge in [0.05, 0.1) is 6.04 Å². The maximum Gasteiger partial charge on any atom is 0.155 e. The van der Waals surface area contributed by atoms with E-state index in [-0.39, 0.29) is 6.04 Å². The molecule has 1 aromatic carbocycles. The first-order chi connectivity index (χ1) is 5.62. The molecule has 1 aromatic rings. The van der Waals surface area contributed by atoms with Gasteiger partial charge in [-0.15, -0.1) is 0 Å². The highest BCUT2D eigenvalue weighted by molar-refractivity contribution is 5.38. The van der Waals surface area contributed by atoms with E-state index in [4.69, 9.17) is 11.5 Å². The highest BCUT2D eigenvalue weighted by Gasteiger charge is 2.39. The topological polar surface area (TPSA) is 72.3 Å². The van der Waals surface area contributed by atoms with Crippen molar-refractivity contribution in [3.63, 3.8) is 0 Å². The molecule has 3 nitrogen and oxygen atoms in total. The van der Waals surface area contributed by atoms with Crippen LogP contribution in [0.1, 0.15) is 11.1 Å². The van der Waals surface area contributed by atoms with Crippen LogP contribution in [0.4, 0.5) is 0 Å². The predicted molar refractivity (Wildman–Crippen MR) is 46.2 cm³/mol. The van der Waals surface area contributed by atoms with Crippen molar-refractivity contribution in [3.05, 3.63) is 35.4 Å². The van der Waals surface area contributed by atoms with Gasteiger partial charge in [-0.1, -0.05) is 24.3 Å². The Bertz CT molecular complexity index is 309. The largest absolute Gasteiger partial charge is 0.370 e. The van der Waals surface area contributed by atoms with E-state index in [1.54, 1.807) is 0 Å². The highest BCUT2D eigenvalue weighted by atomic mass is 16.3. The zero-order valence-corrected chi connectivity index (χ0v) is 6.70. The Hall–Kier alpha value is -0.900. The molecule has 2 atom stereocenters. The Morgan fingerprint density at radius 3 is 2.75 bits per heavy atom. The van der Waals surface area contributed by atoms with Gasteiger partial charge >= 0.3 is 0 Å². The van der Waals surface area contributed by atoms with Crippen LogP contribution in [0.25, 0.3) is 0 Å². The van der Waals surface area contributed by atoms with E-state index in [9.17, 15) is 5.11 Å². The van der Waals surface area contributed by atoms with Crippen LogP contribution in [0.5, 0.6) is 0 Å². The molecule has 0 aliphatic heterocycles. The van der Waals surface area contributed by atoms with Gasteiger partial charge in [0.15, 0.2) is 5.72 Å². The SMILES string of the molecule is NC1Cc2ccccc2C1(N)O. The van der Waals surface area contributed by atoms with E-state index in [0.717, 1.165) is 11.1 Å². The van der Waals surface area contributed by atoms with Gasteiger partial charge in [0.1, 0.15) is 0 Å². The van der Waals surface area contributed by atoms with Crippen molar-refractivity contribution < 1.29 is 5.11 Å². The van der Waals surface area contributed by atoms with Crippen molar-refractivity contribution in [2.75, 3.05) is 0 Å². The van der Waals surface area contributed by atoms with Crippen LogP contribution in [0.15, 0.2) is 24.3 Å². The second-order valence-electron chi connectivity index (χ2n) is 3.29. The van der Waals surface area contributed by atoms with Crippen LogP contribution >= 0.6 is 0 Å². The van der Waals surface area contributed by atoms with Crippen LogP contribution in [0.3, 0.4) is 0 Å². The molecule has 0 spiro atoms. The first-order valence-corrected chi connectivity index (χ1v) is 3.97. The molecular weight excluding hydrogens is 152 g/mol. The summed E-state index contributed by atoms with van der Waals surface area (Å²) in [5.41, 5.74) is 11.8. The summed E-state index contributed by atoms with van der Waals surface area (Å²) in [5.74, 6) is 0. The summed E-state index contributed by atoms with van der Waals surface area (Å²) >= 11 is 0. The maximum atomic E-state index is 9.77. The zero-order chi connectivity index (χ0) is 8.77. The van der Waals surface area contributed by atoms with E-state index in [1.807, 2.05) is 24.3 Å². The predicted octanol–water partition coefficient (Wildman–Crippen LogP) is -0.326. The summed E-state index contributed by atoms with van der Waals surface area (Å²) in [4.78, 5) is 0. The molecule has 0 radical (unpaired) electrons. The van der Waals surface area contributed by atoms with E-state index in [1.165, 1.54) is 0 Å². The summed E-state index contributed by atoms with van der Waals surface area (Å²) in [6.45, 7) is 0. The summed E-state index contributed by atoms with van der Waals surface area (Å²) in [6, 6.07) is 7.17. The number of rotatable bonds is 0. The van der Waals surface area contributed by atoms with E-state index < -0.39 is 5.72 Å². The monoisotopic (exact) mass is 164 g/mol. The van der Waals surface area contributed by atoms with Gasteiger partial charge in [-0.2, -0.15) is 0 Å². The van der Waals surface area contributed by atoms with Crippen molar-refractivity contribution >= 4 is 0 Å². The number of hydrogen-bond acceptors (Lipinski definition) is 3. The Morgan fingerprint density at radius 1 is 1.42 bits per heavy atom. The third kappa shape index (κ3) is 0.876. The van der Waals surface area contributed by atoms with Crippen molar-refractivity contribution in [1.29, 1.82) is 0 Å². The fraction of sp³-hybridized carbons (Fsp3) is 0.333. The number of fused-ring (bicyclic) bond motifs is 1. The van der Waals surface area contributed by atoms with Gasteiger partial charge in [-0.05, 0) is 12.0 Å². The van der Waals surface area contributed by atoms with Crippen molar-refractivity contribution in [1.82, 2.24) is 0 Å². The summed E-state index contributed by atoms with van der Waals surface area (Å²) in [6.07, 6.45) is 0.656. The molecule has 0 aromatic heterocycles. The van der Waals surface area contributed by atoms with Gasteiger partial charge in [-0.25, -0.2) is 0 Å². The molecular formula is C9H12N2O. The third-order valence-corrected chi connectivity index (χ3v) is 2.45. The van der Waals surface area contributed by atoms with Crippen LogP contribution in [0.2, 0.25) is 0 Å².